The Kier molecular flexibility index (Phi) is 4.94. The smallest absolute Gasteiger partial charge is 0.344 e. The van der Waals surface area contributed by atoms with E-state index in [1.54, 1.807) is 18.3 Å². The summed E-state index contributed by atoms with van der Waals surface area (Å²) in [7, 11) is 0. The summed E-state index contributed by atoms with van der Waals surface area (Å²) >= 11 is 0. The van der Waals surface area contributed by atoms with Crippen LogP contribution in [0.2, 0.25) is 0 Å². The van der Waals surface area contributed by atoms with Gasteiger partial charge in [0.1, 0.15) is 29.3 Å². The average molecular weight is 418 g/mol. The lowest BCUT2D eigenvalue weighted by molar-refractivity contribution is -0.147. The minimum Gasteiger partial charge on any atom is -0.482 e. The molecule has 0 atom stereocenters. The van der Waals surface area contributed by atoms with Crippen LogP contribution in [-0.2, 0) is 29.0 Å². The van der Waals surface area contributed by atoms with E-state index < -0.39 is 5.97 Å². The number of hydrogen-bond donors (Lipinski definition) is 0. The van der Waals surface area contributed by atoms with E-state index in [2.05, 4.69) is 4.98 Å². The number of nitrogens with zero attached hydrogens (tertiary/aromatic N) is 2. The fourth-order valence-electron chi connectivity index (χ4n) is 4.00. The molecule has 3 heterocycles. The number of hydrogen-bond acceptors (Lipinski definition) is 6. The van der Waals surface area contributed by atoms with Crippen molar-refractivity contribution in [1.29, 1.82) is 0 Å². The summed E-state index contributed by atoms with van der Waals surface area (Å²) in [6, 6.07) is 10.6. The lowest BCUT2D eigenvalue weighted by Gasteiger charge is -2.09. The third-order valence-electron chi connectivity index (χ3n) is 5.52. The lowest BCUT2D eigenvalue weighted by atomic mass is 9.96. The summed E-state index contributed by atoms with van der Waals surface area (Å²) < 4.78 is 18.3. The van der Waals surface area contributed by atoms with Gasteiger partial charge in [0, 0.05) is 29.6 Å². The maximum Gasteiger partial charge on any atom is 0.344 e. The van der Waals surface area contributed by atoms with Gasteiger partial charge in [0.15, 0.2) is 6.61 Å². The molecule has 0 bridgehead atoms. The minimum atomic E-state index is -0.528. The average Bonchev–Trinajstić information content (AvgIpc) is 3.15. The molecule has 0 fully saturated rings. The van der Waals surface area contributed by atoms with Crippen molar-refractivity contribution >= 4 is 22.6 Å². The number of carbonyl (C=O) groups excluding carboxylic acids is 1. The predicted octanol–water partition coefficient (Wildman–Crippen LogP) is 3.75. The number of ether oxygens (including phenoxy) is 2. The summed E-state index contributed by atoms with van der Waals surface area (Å²) in [5, 5.41) is 1.05. The third-order valence-corrected chi connectivity index (χ3v) is 5.52. The molecule has 0 radical (unpaired) electrons. The molecule has 158 valence electrons. The summed E-state index contributed by atoms with van der Waals surface area (Å²) in [6.45, 7) is 1.59. The van der Waals surface area contributed by atoms with E-state index in [1.807, 2.05) is 25.1 Å². The van der Waals surface area contributed by atoms with E-state index in [4.69, 9.17) is 13.9 Å². The number of aromatic nitrogens is 2. The van der Waals surface area contributed by atoms with Crippen molar-refractivity contribution in [3.63, 3.8) is 0 Å². The van der Waals surface area contributed by atoms with Gasteiger partial charge in [-0.3, -0.25) is 9.20 Å². The van der Waals surface area contributed by atoms with E-state index in [0.717, 1.165) is 48.0 Å². The largest absolute Gasteiger partial charge is 0.482 e. The fourth-order valence-corrected chi connectivity index (χ4v) is 4.00. The molecule has 0 saturated carbocycles. The Balaban J connectivity index is 1.23. The molecule has 0 amide bonds. The first-order valence-corrected chi connectivity index (χ1v) is 10.4. The molecule has 31 heavy (non-hydrogen) atoms. The van der Waals surface area contributed by atoms with Crippen LogP contribution < -0.4 is 10.3 Å². The number of benzene rings is 1. The van der Waals surface area contributed by atoms with E-state index >= 15 is 0 Å². The monoisotopic (exact) mass is 418 g/mol. The van der Waals surface area contributed by atoms with Gasteiger partial charge in [-0.25, -0.2) is 9.78 Å². The molecular weight excluding hydrogens is 396 g/mol. The predicted molar refractivity (Wildman–Crippen MR) is 114 cm³/mol. The second kappa shape index (κ2) is 7.91. The van der Waals surface area contributed by atoms with Crippen LogP contribution in [0.25, 0.3) is 16.6 Å². The Hall–Kier alpha value is -3.61. The Morgan fingerprint density at radius 3 is 2.94 bits per heavy atom. The molecule has 0 unspecified atom stereocenters. The van der Waals surface area contributed by atoms with E-state index in [0.29, 0.717) is 17.1 Å². The molecular formula is C24H22N2O5. The molecule has 7 nitrogen and oxygen atoms in total. The molecule has 5 rings (SSSR count). The second-order valence-electron chi connectivity index (χ2n) is 7.84. The molecule has 4 aromatic rings. The minimum absolute atomic E-state index is 0.0872. The molecule has 0 spiro atoms. The Morgan fingerprint density at radius 2 is 2.03 bits per heavy atom. The molecule has 0 N–H and O–H groups in total. The first-order valence-electron chi connectivity index (χ1n) is 10.4. The highest BCUT2D eigenvalue weighted by Crippen LogP contribution is 2.33. The highest BCUT2D eigenvalue weighted by atomic mass is 16.6. The van der Waals surface area contributed by atoms with Crippen LogP contribution in [0.4, 0.5) is 0 Å². The van der Waals surface area contributed by atoms with Gasteiger partial charge in [0.2, 0.25) is 0 Å². The van der Waals surface area contributed by atoms with Gasteiger partial charge in [0.25, 0.3) is 5.56 Å². The summed E-state index contributed by atoms with van der Waals surface area (Å²) in [5.41, 5.74) is 3.75. The molecule has 7 heteroatoms. The normalized spacial score (nSPS) is 13.3. The van der Waals surface area contributed by atoms with E-state index in [1.165, 1.54) is 16.0 Å². The van der Waals surface area contributed by atoms with Gasteiger partial charge >= 0.3 is 5.97 Å². The van der Waals surface area contributed by atoms with Gasteiger partial charge in [-0.1, -0.05) is 6.07 Å². The molecule has 0 saturated heterocycles. The SMILES string of the molecule is Cc1ccc2nc(COC(=O)COc3ccc4oc5c(c4c3)CCCC5)cc(=O)n2c1. The van der Waals surface area contributed by atoms with Crippen LogP contribution in [0.1, 0.15) is 35.4 Å². The topological polar surface area (TPSA) is 83.0 Å². The number of esters is 1. The van der Waals surface area contributed by atoms with Gasteiger partial charge in [-0.05, 0) is 56.0 Å². The van der Waals surface area contributed by atoms with Gasteiger partial charge in [-0.15, -0.1) is 0 Å². The highest BCUT2D eigenvalue weighted by molar-refractivity contribution is 5.84. The van der Waals surface area contributed by atoms with Crippen LogP contribution in [0.15, 0.2) is 51.8 Å². The standard InChI is InChI=1S/C24H22N2O5/c1-15-6-9-22-25-16(10-23(27)26(22)12-15)13-30-24(28)14-29-17-7-8-21-19(11-17)18-4-2-3-5-20(18)31-21/h6-12H,2-5,13-14H2,1H3. The first kappa shape index (κ1) is 19.4. The number of furan rings is 1. The van der Waals surface area contributed by atoms with Crippen LogP contribution in [0.5, 0.6) is 5.75 Å². The number of pyridine rings is 1. The third kappa shape index (κ3) is 3.91. The molecule has 3 aromatic heterocycles. The van der Waals surface area contributed by atoms with Crippen molar-refractivity contribution in [1.82, 2.24) is 9.38 Å². The van der Waals surface area contributed by atoms with Crippen LogP contribution in [0.3, 0.4) is 0 Å². The number of carbonyl (C=O) groups is 1. The van der Waals surface area contributed by atoms with Crippen LogP contribution in [-0.4, -0.2) is 22.0 Å². The van der Waals surface area contributed by atoms with Crippen molar-refractivity contribution in [2.45, 2.75) is 39.2 Å². The zero-order chi connectivity index (χ0) is 21.4. The van der Waals surface area contributed by atoms with Crippen molar-refractivity contribution in [2.24, 2.45) is 0 Å². The summed E-state index contributed by atoms with van der Waals surface area (Å²) in [5.74, 6) is 1.13. The number of aryl methyl sites for hydroxylation is 3. The number of rotatable bonds is 5. The van der Waals surface area contributed by atoms with Crippen molar-refractivity contribution in [3.05, 3.63) is 75.5 Å². The van der Waals surface area contributed by atoms with Crippen molar-refractivity contribution < 1.29 is 18.7 Å². The highest BCUT2D eigenvalue weighted by Gasteiger charge is 2.18. The summed E-state index contributed by atoms with van der Waals surface area (Å²) in [6.07, 6.45) is 6.01. The summed E-state index contributed by atoms with van der Waals surface area (Å²) in [4.78, 5) is 28.8. The van der Waals surface area contributed by atoms with E-state index in [-0.39, 0.29) is 18.8 Å². The lowest BCUT2D eigenvalue weighted by Crippen LogP contribution is -2.18. The second-order valence-corrected chi connectivity index (χ2v) is 7.84. The molecule has 0 aliphatic heterocycles. The van der Waals surface area contributed by atoms with E-state index in [9.17, 15) is 9.59 Å². The van der Waals surface area contributed by atoms with Crippen molar-refractivity contribution in [3.8, 4) is 5.75 Å². The van der Waals surface area contributed by atoms with Crippen LogP contribution >= 0.6 is 0 Å². The van der Waals surface area contributed by atoms with Crippen molar-refractivity contribution in [2.75, 3.05) is 6.61 Å². The molecule has 1 aliphatic rings. The quantitative estimate of drug-likeness (QED) is 0.459. The van der Waals surface area contributed by atoms with Gasteiger partial charge in [-0.2, -0.15) is 0 Å². The Morgan fingerprint density at radius 1 is 1.16 bits per heavy atom. The Bertz CT molecular complexity index is 1350. The first-order chi connectivity index (χ1) is 15.1. The maximum absolute atomic E-state index is 12.2. The maximum atomic E-state index is 12.2. The Labute approximate surface area is 178 Å². The zero-order valence-electron chi connectivity index (χ0n) is 17.2. The van der Waals surface area contributed by atoms with Gasteiger partial charge in [0.05, 0.1) is 5.69 Å². The fraction of sp³-hybridized carbons (Fsp3) is 0.292. The molecule has 1 aliphatic carbocycles. The molecule has 1 aromatic carbocycles. The zero-order valence-corrected chi connectivity index (χ0v) is 17.2. The van der Waals surface area contributed by atoms with Crippen LogP contribution in [0, 0.1) is 6.92 Å². The van der Waals surface area contributed by atoms with Gasteiger partial charge < -0.3 is 13.9 Å². The number of fused-ring (bicyclic) bond motifs is 4.